The second kappa shape index (κ2) is 8.28. The van der Waals surface area contributed by atoms with Gasteiger partial charge in [-0.25, -0.2) is 0 Å². The Morgan fingerprint density at radius 1 is 1.07 bits per heavy atom. The third-order valence-electron chi connectivity index (χ3n) is 5.32. The first-order valence-corrected chi connectivity index (χ1v) is 10.7. The Balaban J connectivity index is 1.47. The quantitative estimate of drug-likeness (QED) is 0.485. The molecule has 0 aliphatic carbocycles. The predicted molar refractivity (Wildman–Crippen MR) is 118 cm³/mol. The second-order valence-electron chi connectivity index (χ2n) is 7.46. The summed E-state index contributed by atoms with van der Waals surface area (Å²) in [6.07, 6.45) is 0. The zero-order valence-corrected chi connectivity index (χ0v) is 18.3. The van der Waals surface area contributed by atoms with Gasteiger partial charge in [-0.2, -0.15) is 0 Å². The number of hydrogen-bond donors (Lipinski definition) is 1. The average Bonchev–Trinajstić information content (AvgIpc) is 3.46. The Bertz CT molecular complexity index is 1190. The molecule has 1 N–H and O–H groups in total. The number of amides is 1. The summed E-state index contributed by atoms with van der Waals surface area (Å²) in [6.45, 7) is 8.86. The third-order valence-corrected chi connectivity index (χ3v) is 6.18. The molecule has 6 nitrogen and oxygen atoms in total. The van der Waals surface area contributed by atoms with E-state index in [0.717, 1.165) is 27.4 Å². The van der Waals surface area contributed by atoms with Crippen LogP contribution in [-0.4, -0.2) is 20.7 Å². The van der Waals surface area contributed by atoms with E-state index in [1.165, 1.54) is 11.1 Å². The van der Waals surface area contributed by atoms with E-state index in [9.17, 15) is 4.79 Å². The number of aryl methyl sites for hydroxylation is 3. The molecule has 0 spiro atoms. The van der Waals surface area contributed by atoms with Crippen molar-refractivity contribution in [2.45, 2.75) is 40.8 Å². The van der Waals surface area contributed by atoms with Crippen LogP contribution in [0.3, 0.4) is 0 Å². The van der Waals surface area contributed by atoms with Gasteiger partial charge in [-0.05, 0) is 61.9 Å². The summed E-state index contributed by atoms with van der Waals surface area (Å²) in [4.78, 5) is 13.5. The minimum absolute atomic E-state index is 0.0358. The third kappa shape index (κ3) is 4.07. The fourth-order valence-corrected chi connectivity index (χ4v) is 4.05. The smallest absolute Gasteiger partial charge is 0.258 e. The maximum Gasteiger partial charge on any atom is 0.258 e. The highest BCUT2D eigenvalue weighted by molar-refractivity contribution is 7.13. The van der Waals surface area contributed by atoms with Gasteiger partial charge in [0.1, 0.15) is 6.54 Å². The first kappa shape index (κ1) is 20.1. The molecule has 0 saturated carbocycles. The van der Waals surface area contributed by atoms with E-state index < -0.39 is 0 Å². The van der Waals surface area contributed by atoms with Crippen molar-refractivity contribution in [2.75, 3.05) is 0 Å². The van der Waals surface area contributed by atoms with Crippen LogP contribution >= 0.6 is 11.3 Å². The van der Waals surface area contributed by atoms with Crippen molar-refractivity contribution >= 4 is 17.2 Å². The number of aromatic nitrogens is 3. The van der Waals surface area contributed by atoms with Gasteiger partial charge in [0.05, 0.1) is 10.4 Å². The van der Waals surface area contributed by atoms with Gasteiger partial charge < -0.3 is 14.3 Å². The molecular formula is C23H24N4O2S. The monoisotopic (exact) mass is 420 g/mol. The lowest BCUT2D eigenvalue weighted by atomic mass is 10.1. The van der Waals surface area contributed by atoms with Crippen LogP contribution in [0.1, 0.15) is 28.1 Å². The van der Waals surface area contributed by atoms with Gasteiger partial charge >= 0.3 is 0 Å². The van der Waals surface area contributed by atoms with Crippen molar-refractivity contribution < 1.29 is 9.21 Å². The lowest BCUT2D eigenvalue weighted by Crippen LogP contribution is -2.27. The summed E-state index contributed by atoms with van der Waals surface area (Å²) >= 11 is 1.56. The van der Waals surface area contributed by atoms with E-state index in [0.29, 0.717) is 18.3 Å². The normalized spacial score (nSPS) is 11.1. The van der Waals surface area contributed by atoms with Crippen LogP contribution in [0.25, 0.3) is 22.2 Å². The van der Waals surface area contributed by atoms with Gasteiger partial charge in [0.15, 0.2) is 0 Å². The highest BCUT2D eigenvalue weighted by atomic mass is 32.1. The SMILES string of the molecule is Cc1ccc(CNC(=O)Cn2c(C)cc(-c3nnc(-c4cccs4)o3)c2C)cc1C. The summed E-state index contributed by atoms with van der Waals surface area (Å²) in [6, 6.07) is 12.1. The average molecular weight is 421 g/mol. The minimum atomic E-state index is -0.0358. The number of rotatable bonds is 6. The van der Waals surface area contributed by atoms with E-state index in [4.69, 9.17) is 4.42 Å². The summed E-state index contributed by atoms with van der Waals surface area (Å²) in [5.74, 6) is 0.940. The minimum Gasteiger partial charge on any atom is -0.415 e. The Kier molecular flexibility index (Phi) is 5.55. The van der Waals surface area contributed by atoms with Crippen LogP contribution in [-0.2, 0) is 17.9 Å². The fourth-order valence-electron chi connectivity index (χ4n) is 3.41. The maximum atomic E-state index is 12.6. The molecule has 0 bridgehead atoms. The van der Waals surface area contributed by atoms with E-state index in [1.54, 1.807) is 11.3 Å². The molecule has 1 amide bonds. The fraction of sp³-hybridized carbons (Fsp3) is 0.261. The van der Waals surface area contributed by atoms with E-state index in [-0.39, 0.29) is 12.5 Å². The van der Waals surface area contributed by atoms with Crippen molar-refractivity contribution in [1.82, 2.24) is 20.1 Å². The second-order valence-corrected chi connectivity index (χ2v) is 8.40. The molecule has 30 heavy (non-hydrogen) atoms. The van der Waals surface area contributed by atoms with Crippen molar-refractivity contribution in [3.05, 3.63) is 69.9 Å². The summed E-state index contributed by atoms with van der Waals surface area (Å²) in [5, 5.41) is 13.3. The van der Waals surface area contributed by atoms with Crippen LogP contribution in [0.15, 0.2) is 46.2 Å². The molecule has 1 aromatic carbocycles. The van der Waals surface area contributed by atoms with E-state index in [2.05, 4.69) is 41.5 Å². The van der Waals surface area contributed by atoms with Crippen LogP contribution in [0.4, 0.5) is 0 Å². The molecule has 3 heterocycles. The molecule has 7 heteroatoms. The summed E-state index contributed by atoms with van der Waals surface area (Å²) in [7, 11) is 0. The largest absolute Gasteiger partial charge is 0.415 e. The van der Waals surface area contributed by atoms with E-state index >= 15 is 0 Å². The van der Waals surface area contributed by atoms with Crippen molar-refractivity contribution in [1.29, 1.82) is 0 Å². The molecule has 3 aromatic heterocycles. The predicted octanol–water partition coefficient (Wildman–Crippen LogP) is 4.82. The zero-order chi connectivity index (χ0) is 21.3. The van der Waals surface area contributed by atoms with Crippen molar-refractivity contribution in [3.63, 3.8) is 0 Å². The molecular weight excluding hydrogens is 396 g/mol. The molecule has 4 aromatic rings. The number of benzene rings is 1. The maximum absolute atomic E-state index is 12.6. The van der Waals surface area contributed by atoms with Gasteiger partial charge in [-0.1, -0.05) is 24.3 Å². The van der Waals surface area contributed by atoms with Crippen LogP contribution in [0, 0.1) is 27.7 Å². The first-order valence-electron chi connectivity index (χ1n) is 9.79. The van der Waals surface area contributed by atoms with Gasteiger partial charge in [0.2, 0.25) is 11.8 Å². The number of nitrogens with zero attached hydrogens (tertiary/aromatic N) is 3. The zero-order valence-electron chi connectivity index (χ0n) is 17.5. The Morgan fingerprint density at radius 2 is 1.87 bits per heavy atom. The van der Waals surface area contributed by atoms with Crippen molar-refractivity contribution in [3.8, 4) is 22.2 Å². The lowest BCUT2D eigenvalue weighted by Gasteiger charge is -2.11. The molecule has 0 unspecified atom stereocenters. The van der Waals surface area contributed by atoms with Gasteiger partial charge in [0.25, 0.3) is 5.89 Å². The highest BCUT2D eigenvalue weighted by Crippen LogP contribution is 2.30. The molecule has 0 saturated heterocycles. The lowest BCUT2D eigenvalue weighted by molar-refractivity contribution is -0.121. The molecule has 0 aliphatic heterocycles. The number of thiophene rings is 1. The van der Waals surface area contributed by atoms with Gasteiger partial charge in [-0.15, -0.1) is 21.5 Å². The van der Waals surface area contributed by atoms with Crippen LogP contribution in [0.2, 0.25) is 0 Å². The number of carbonyl (C=O) groups excluding carboxylic acids is 1. The number of nitrogens with one attached hydrogen (secondary N) is 1. The van der Waals surface area contributed by atoms with Crippen molar-refractivity contribution in [2.24, 2.45) is 0 Å². The molecule has 0 radical (unpaired) electrons. The molecule has 154 valence electrons. The number of carbonyl (C=O) groups is 1. The number of hydrogen-bond acceptors (Lipinski definition) is 5. The Morgan fingerprint density at radius 3 is 2.60 bits per heavy atom. The topological polar surface area (TPSA) is 73.0 Å². The standard InChI is InChI=1S/C23H24N4O2S/c1-14-7-8-18(10-15(14)2)12-24-21(28)13-27-16(3)11-19(17(27)4)22-25-26-23(29-22)20-6-5-9-30-20/h5-11H,12-13H2,1-4H3,(H,24,28). The molecule has 4 rings (SSSR count). The van der Waals surface area contributed by atoms with Gasteiger partial charge in [0, 0.05) is 17.9 Å². The Hall–Kier alpha value is -3.19. The summed E-state index contributed by atoms with van der Waals surface area (Å²) < 4.78 is 7.84. The van der Waals surface area contributed by atoms with Crippen LogP contribution < -0.4 is 5.32 Å². The molecule has 0 atom stereocenters. The van der Waals surface area contributed by atoms with Gasteiger partial charge in [-0.3, -0.25) is 4.79 Å². The van der Waals surface area contributed by atoms with Crippen LogP contribution in [0.5, 0.6) is 0 Å². The molecule has 0 aliphatic rings. The first-order chi connectivity index (χ1) is 14.4. The Labute approximate surface area is 179 Å². The van der Waals surface area contributed by atoms with E-state index in [1.807, 2.05) is 48.1 Å². The molecule has 0 fully saturated rings. The summed E-state index contributed by atoms with van der Waals surface area (Å²) in [5.41, 5.74) is 6.32. The highest BCUT2D eigenvalue weighted by Gasteiger charge is 2.18.